The molecule has 2 aromatic carbocycles. The van der Waals surface area contributed by atoms with Crippen molar-refractivity contribution in [1.82, 2.24) is 9.78 Å². The van der Waals surface area contributed by atoms with E-state index in [2.05, 4.69) is 10.4 Å². The van der Waals surface area contributed by atoms with Gasteiger partial charge in [-0.2, -0.15) is 5.10 Å². The molecule has 4 aromatic rings. The molecule has 7 heteroatoms. The van der Waals surface area contributed by atoms with Gasteiger partial charge in [0.25, 0.3) is 5.91 Å². The number of hydrogen-bond acceptors (Lipinski definition) is 5. The Labute approximate surface area is 165 Å². The predicted molar refractivity (Wildman–Crippen MR) is 109 cm³/mol. The zero-order valence-electron chi connectivity index (χ0n) is 15.0. The Hall–Kier alpha value is -3.58. The van der Waals surface area contributed by atoms with Gasteiger partial charge in [-0.15, -0.1) is 11.3 Å². The molecule has 2 heterocycles. The number of benzene rings is 2. The summed E-state index contributed by atoms with van der Waals surface area (Å²) >= 11 is 1.56. The van der Waals surface area contributed by atoms with E-state index in [4.69, 9.17) is 4.74 Å². The van der Waals surface area contributed by atoms with E-state index in [1.54, 1.807) is 34.2 Å². The molecular weight excluding hydrogens is 374 g/mol. The number of phenolic OH excluding ortho intramolecular Hbond substituents is 1. The maximum absolute atomic E-state index is 13.0. The number of hydrogen-bond donors (Lipinski definition) is 2. The molecule has 0 aliphatic carbocycles. The zero-order chi connectivity index (χ0) is 19.5. The average Bonchev–Trinajstić information content (AvgIpc) is 3.39. The van der Waals surface area contributed by atoms with E-state index in [-0.39, 0.29) is 11.7 Å². The van der Waals surface area contributed by atoms with Gasteiger partial charge in [-0.05, 0) is 41.8 Å². The third-order valence-corrected chi connectivity index (χ3v) is 5.05. The lowest BCUT2D eigenvalue weighted by atomic mass is 10.2. The third-order valence-electron chi connectivity index (χ3n) is 4.15. The minimum Gasteiger partial charge on any atom is -0.504 e. The minimum atomic E-state index is -0.330. The van der Waals surface area contributed by atoms with Crippen molar-refractivity contribution in [3.8, 4) is 27.8 Å². The summed E-state index contributed by atoms with van der Waals surface area (Å²) in [6.45, 7) is 0. The molecule has 0 atom stereocenters. The number of amides is 1. The molecule has 2 aromatic heterocycles. The highest BCUT2D eigenvalue weighted by molar-refractivity contribution is 7.13. The van der Waals surface area contributed by atoms with Crippen LogP contribution in [0.3, 0.4) is 0 Å². The lowest BCUT2D eigenvalue weighted by Gasteiger charge is -2.10. The van der Waals surface area contributed by atoms with Gasteiger partial charge in [-0.1, -0.05) is 24.3 Å². The van der Waals surface area contributed by atoms with Gasteiger partial charge in [0.15, 0.2) is 11.5 Å². The van der Waals surface area contributed by atoms with Crippen LogP contribution in [0.15, 0.2) is 72.1 Å². The second kappa shape index (κ2) is 7.58. The molecule has 2 N–H and O–H groups in total. The second-order valence-corrected chi connectivity index (χ2v) is 6.93. The van der Waals surface area contributed by atoms with Crippen molar-refractivity contribution < 1.29 is 14.6 Å². The smallest absolute Gasteiger partial charge is 0.274 e. The Balaban J connectivity index is 1.71. The van der Waals surface area contributed by atoms with Gasteiger partial charge in [-0.25, -0.2) is 4.68 Å². The van der Waals surface area contributed by atoms with Crippen LogP contribution in [0.4, 0.5) is 5.69 Å². The summed E-state index contributed by atoms with van der Waals surface area (Å²) in [6.07, 6.45) is 0. The molecule has 0 radical (unpaired) electrons. The highest BCUT2D eigenvalue weighted by Gasteiger charge is 2.18. The predicted octanol–water partition coefficient (Wildman–Crippen LogP) is 4.57. The minimum absolute atomic E-state index is 0.0452. The third kappa shape index (κ3) is 3.47. The Bertz CT molecular complexity index is 1110. The van der Waals surface area contributed by atoms with Gasteiger partial charge in [0.2, 0.25) is 0 Å². The monoisotopic (exact) mass is 391 g/mol. The summed E-state index contributed by atoms with van der Waals surface area (Å²) in [6, 6.07) is 19.9. The van der Waals surface area contributed by atoms with E-state index >= 15 is 0 Å². The maximum atomic E-state index is 13.0. The van der Waals surface area contributed by atoms with E-state index in [0.29, 0.717) is 17.1 Å². The fourth-order valence-electron chi connectivity index (χ4n) is 2.82. The first-order valence-electron chi connectivity index (χ1n) is 8.53. The summed E-state index contributed by atoms with van der Waals surface area (Å²) in [5, 5.41) is 19.3. The molecular formula is C21H17N3O3S. The van der Waals surface area contributed by atoms with Gasteiger partial charge in [0, 0.05) is 11.8 Å². The van der Waals surface area contributed by atoms with Crippen LogP contribution in [0.25, 0.3) is 16.3 Å². The van der Waals surface area contributed by atoms with Crippen LogP contribution in [-0.4, -0.2) is 27.9 Å². The summed E-state index contributed by atoms with van der Waals surface area (Å²) < 4.78 is 6.65. The Morgan fingerprint density at radius 1 is 1.11 bits per heavy atom. The van der Waals surface area contributed by atoms with E-state index < -0.39 is 0 Å². The summed E-state index contributed by atoms with van der Waals surface area (Å²) in [5.41, 5.74) is 2.36. The van der Waals surface area contributed by atoms with Crippen LogP contribution in [0.5, 0.6) is 11.5 Å². The van der Waals surface area contributed by atoms with Gasteiger partial charge >= 0.3 is 0 Å². The molecule has 6 nitrogen and oxygen atoms in total. The first kappa shape index (κ1) is 17.8. The van der Waals surface area contributed by atoms with Crippen molar-refractivity contribution in [3.05, 3.63) is 77.8 Å². The van der Waals surface area contributed by atoms with Gasteiger partial charge in [0.1, 0.15) is 11.4 Å². The molecule has 0 saturated heterocycles. The number of nitrogens with one attached hydrogen (secondary N) is 1. The lowest BCUT2D eigenvalue weighted by Crippen LogP contribution is -2.16. The van der Waals surface area contributed by atoms with Crippen molar-refractivity contribution in [2.45, 2.75) is 0 Å². The second-order valence-electron chi connectivity index (χ2n) is 5.98. The van der Waals surface area contributed by atoms with Gasteiger partial charge < -0.3 is 15.2 Å². The first-order chi connectivity index (χ1) is 13.7. The van der Waals surface area contributed by atoms with Crippen molar-refractivity contribution in [1.29, 1.82) is 0 Å². The summed E-state index contributed by atoms with van der Waals surface area (Å²) in [4.78, 5) is 14.0. The molecule has 140 valence electrons. The molecule has 1 amide bonds. The van der Waals surface area contributed by atoms with Gasteiger partial charge in [0.05, 0.1) is 17.7 Å². The van der Waals surface area contributed by atoms with Crippen LogP contribution in [0, 0.1) is 0 Å². The maximum Gasteiger partial charge on any atom is 0.274 e. The number of nitrogens with zero attached hydrogens (tertiary/aromatic N) is 2. The molecule has 28 heavy (non-hydrogen) atoms. The lowest BCUT2D eigenvalue weighted by molar-refractivity contribution is 0.101. The van der Waals surface area contributed by atoms with Crippen LogP contribution in [-0.2, 0) is 0 Å². The quantitative estimate of drug-likeness (QED) is 0.523. The number of carbonyl (C=O) groups is 1. The number of thiophene rings is 1. The number of anilines is 1. The molecule has 0 fully saturated rings. The number of aromatic hydroxyl groups is 1. The van der Waals surface area contributed by atoms with Crippen LogP contribution < -0.4 is 10.1 Å². The number of methoxy groups -OCH3 is 1. The average molecular weight is 391 g/mol. The van der Waals surface area contributed by atoms with Crippen molar-refractivity contribution in [2.75, 3.05) is 12.4 Å². The van der Waals surface area contributed by atoms with Crippen LogP contribution in [0.2, 0.25) is 0 Å². The van der Waals surface area contributed by atoms with E-state index in [9.17, 15) is 9.90 Å². The molecule has 0 bridgehead atoms. The Morgan fingerprint density at radius 3 is 2.61 bits per heavy atom. The molecule has 0 aliphatic rings. The van der Waals surface area contributed by atoms with E-state index in [1.807, 2.05) is 47.8 Å². The highest BCUT2D eigenvalue weighted by atomic mass is 32.1. The van der Waals surface area contributed by atoms with Crippen molar-refractivity contribution in [2.24, 2.45) is 0 Å². The number of ether oxygens (including phenoxy) is 1. The van der Waals surface area contributed by atoms with E-state index in [0.717, 1.165) is 16.3 Å². The Morgan fingerprint density at radius 2 is 1.93 bits per heavy atom. The van der Waals surface area contributed by atoms with Crippen LogP contribution in [0.1, 0.15) is 10.5 Å². The Kier molecular flexibility index (Phi) is 4.82. The zero-order valence-corrected chi connectivity index (χ0v) is 15.8. The number of para-hydroxylation sites is 1. The van der Waals surface area contributed by atoms with Crippen molar-refractivity contribution in [3.63, 3.8) is 0 Å². The number of carbonyl (C=O) groups excluding carboxylic acids is 1. The normalized spacial score (nSPS) is 10.6. The van der Waals surface area contributed by atoms with Gasteiger partial charge in [-0.3, -0.25) is 4.79 Å². The number of aromatic nitrogens is 2. The summed E-state index contributed by atoms with van der Waals surface area (Å²) in [5.74, 6) is -0.0350. The topological polar surface area (TPSA) is 76.4 Å². The first-order valence-corrected chi connectivity index (χ1v) is 9.41. The SMILES string of the molecule is COc1ccc(NC(=O)c2cc(-c3cccs3)nn2-c2ccccc2)cc1O. The number of rotatable bonds is 5. The molecule has 0 unspecified atom stereocenters. The molecule has 4 rings (SSSR count). The van der Waals surface area contributed by atoms with Crippen molar-refractivity contribution >= 4 is 22.9 Å². The standard InChI is InChI=1S/C21H17N3O3S/c1-27-19-10-9-14(12-18(19)25)22-21(26)17-13-16(20-8-5-11-28-20)23-24(17)15-6-3-2-4-7-15/h2-13,25H,1H3,(H,22,26). The number of phenols is 1. The molecule has 0 spiro atoms. The van der Waals surface area contributed by atoms with Crippen LogP contribution >= 0.6 is 11.3 Å². The summed E-state index contributed by atoms with van der Waals surface area (Å²) in [7, 11) is 1.47. The highest BCUT2D eigenvalue weighted by Crippen LogP contribution is 2.30. The fraction of sp³-hybridized carbons (Fsp3) is 0.0476. The van der Waals surface area contributed by atoms with E-state index in [1.165, 1.54) is 13.2 Å². The largest absolute Gasteiger partial charge is 0.504 e. The molecule has 0 saturated carbocycles. The fourth-order valence-corrected chi connectivity index (χ4v) is 3.50. The molecule has 0 aliphatic heterocycles.